The highest BCUT2D eigenvalue weighted by molar-refractivity contribution is 6.28. The molecule has 15 heavy (non-hydrogen) atoms. The quantitative estimate of drug-likeness (QED) is 0.773. The van der Waals surface area contributed by atoms with Gasteiger partial charge in [-0.15, -0.1) is 0 Å². The first-order valence-corrected chi connectivity index (χ1v) is 5.12. The van der Waals surface area contributed by atoms with Crippen LogP contribution >= 0.6 is 11.6 Å². The third-order valence-corrected chi connectivity index (χ3v) is 2.43. The first-order chi connectivity index (χ1) is 7.33. The number of hydrogen-bond donors (Lipinski definition) is 0. The predicted octanol–water partition coefficient (Wildman–Crippen LogP) is 1.59. The number of halogens is 1. The Morgan fingerprint density at radius 2 is 2.13 bits per heavy atom. The second-order valence-electron chi connectivity index (χ2n) is 3.49. The Morgan fingerprint density at radius 1 is 1.27 bits per heavy atom. The summed E-state index contributed by atoms with van der Waals surface area (Å²) in [7, 11) is 0. The van der Waals surface area contributed by atoms with Crippen LogP contribution in [0.4, 0.5) is 0 Å². The molecule has 0 amide bonds. The molecule has 2 heterocycles. The summed E-state index contributed by atoms with van der Waals surface area (Å²) in [6, 6.07) is 1.81. The van der Waals surface area contributed by atoms with Crippen LogP contribution in [-0.2, 0) is 0 Å². The van der Waals surface area contributed by atoms with E-state index in [9.17, 15) is 0 Å². The first-order valence-electron chi connectivity index (χ1n) is 4.74. The molecule has 5 nitrogen and oxygen atoms in total. The molecule has 1 fully saturated rings. The second-order valence-corrected chi connectivity index (χ2v) is 3.83. The minimum absolute atomic E-state index is 0.234. The highest BCUT2D eigenvalue weighted by Crippen LogP contribution is 2.38. The fourth-order valence-electron chi connectivity index (χ4n) is 1.37. The Balaban J connectivity index is 2.07. The lowest BCUT2D eigenvalue weighted by Gasteiger charge is -2.02. The van der Waals surface area contributed by atoms with E-state index in [1.807, 2.05) is 6.07 Å². The topological polar surface area (TPSA) is 56.5 Å². The van der Waals surface area contributed by atoms with Crippen LogP contribution in [0.15, 0.2) is 18.5 Å². The predicted molar refractivity (Wildman–Crippen MR) is 53.9 cm³/mol. The van der Waals surface area contributed by atoms with Crippen molar-refractivity contribution >= 4 is 11.6 Å². The molecule has 0 saturated heterocycles. The molecule has 0 radical (unpaired) electrons. The van der Waals surface area contributed by atoms with Crippen LogP contribution in [0.25, 0.3) is 5.95 Å². The van der Waals surface area contributed by atoms with E-state index in [4.69, 9.17) is 11.6 Å². The van der Waals surface area contributed by atoms with Gasteiger partial charge in [0.05, 0.1) is 0 Å². The maximum Gasteiger partial charge on any atom is 0.255 e. The summed E-state index contributed by atoms with van der Waals surface area (Å²) in [6.45, 7) is 0. The van der Waals surface area contributed by atoms with Crippen molar-refractivity contribution in [2.75, 3.05) is 0 Å². The van der Waals surface area contributed by atoms with Crippen LogP contribution in [0.1, 0.15) is 24.6 Å². The molecule has 1 aliphatic carbocycles. The normalized spacial score (nSPS) is 15.5. The monoisotopic (exact) mass is 221 g/mol. The molecule has 0 atom stereocenters. The molecule has 76 valence electrons. The van der Waals surface area contributed by atoms with Crippen molar-refractivity contribution in [3.05, 3.63) is 29.6 Å². The molecule has 0 bridgehead atoms. The molecule has 0 N–H and O–H groups in total. The summed E-state index contributed by atoms with van der Waals surface area (Å²) in [6.07, 6.45) is 5.73. The lowest BCUT2D eigenvalue weighted by molar-refractivity contribution is 0.765. The molecule has 0 aromatic carbocycles. The molecule has 6 heteroatoms. The number of aromatic nitrogens is 5. The summed E-state index contributed by atoms with van der Waals surface area (Å²) in [4.78, 5) is 12.5. The lowest BCUT2D eigenvalue weighted by atomic mass is 10.4. The van der Waals surface area contributed by atoms with Crippen molar-refractivity contribution in [3.63, 3.8) is 0 Å². The van der Waals surface area contributed by atoms with Crippen molar-refractivity contribution in [1.29, 1.82) is 0 Å². The van der Waals surface area contributed by atoms with Crippen LogP contribution in [0.5, 0.6) is 0 Å². The molecule has 0 aliphatic heterocycles. The summed E-state index contributed by atoms with van der Waals surface area (Å²) in [5.74, 6) is 1.72. The van der Waals surface area contributed by atoms with Crippen LogP contribution < -0.4 is 0 Å². The number of rotatable bonds is 2. The minimum atomic E-state index is 0.234. The summed E-state index contributed by atoms with van der Waals surface area (Å²) in [5.41, 5.74) is 0. The zero-order valence-electron chi connectivity index (χ0n) is 7.84. The molecule has 3 rings (SSSR count). The largest absolute Gasteiger partial charge is 0.255 e. The highest BCUT2D eigenvalue weighted by Gasteiger charge is 2.27. The van der Waals surface area contributed by atoms with Crippen molar-refractivity contribution < 1.29 is 0 Å². The third-order valence-electron chi connectivity index (χ3n) is 2.27. The zero-order valence-corrected chi connectivity index (χ0v) is 8.59. The average molecular weight is 222 g/mol. The van der Waals surface area contributed by atoms with Gasteiger partial charge in [-0.1, -0.05) is 0 Å². The Morgan fingerprint density at radius 3 is 2.80 bits per heavy atom. The fourth-order valence-corrected chi connectivity index (χ4v) is 1.53. The maximum atomic E-state index is 5.84. The van der Waals surface area contributed by atoms with Gasteiger partial charge in [0, 0.05) is 18.3 Å². The van der Waals surface area contributed by atoms with E-state index in [-0.39, 0.29) is 5.28 Å². The van der Waals surface area contributed by atoms with Gasteiger partial charge in [0.1, 0.15) is 5.82 Å². The lowest BCUT2D eigenvalue weighted by Crippen LogP contribution is -2.06. The van der Waals surface area contributed by atoms with E-state index in [2.05, 4.69) is 20.1 Å². The smallest absolute Gasteiger partial charge is 0.206 e. The number of nitrogens with zero attached hydrogens (tertiary/aromatic N) is 5. The van der Waals surface area contributed by atoms with Gasteiger partial charge in [-0.05, 0) is 30.5 Å². The van der Waals surface area contributed by atoms with Gasteiger partial charge < -0.3 is 0 Å². The van der Waals surface area contributed by atoms with E-state index >= 15 is 0 Å². The van der Waals surface area contributed by atoms with E-state index in [1.54, 1.807) is 17.1 Å². The number of hydrogen-bond acceptors (Lipinski definition) is 4. The maximum absolute atomic E-state index is 5.84. The van der Waals surface area contributed by atoms with Crippen LogP contribution in [0.3, 0.4) is 0 Å². The van der Waals surface area contributed by atoms with Gasteiger partial charge in [-0.25, -0.2) is 9.67 Å². The Hall–Kier alpha value is -1.49. The van der Waals surface area contributed by atoms with Crippen molar-refractivity contribution in [1.82, 2.24) is 24.7 Å². The Kier molecular flexibility index (Phi) is 1.92. The molecule has 2 aromatic heterocycles. The average Bonchev–Trinajstić information content (AvgIpc) is 2.93. The standard InChI is InChI=1S/C9H8ClN5/c10-8-12-7(6-2-3-6)13-9(14-8)15-5-1-4-11-15/h1,4-6H,2-3H2. The molecule has 1 saturated carbocycles. The summed E-state index contributed by atoms with van der Waals surface area (Å²) >= 11 is 5.84. The Labute approximate surface area is 91.1 Å². The molecular weight excluding hydrogens is 214 g/mol. The van der Waals surface area contributed by atoms with Crippen molar-refractivity contribution in [3.8, 4) is 5.95 Å². The minimum Gasteiger partial charge on any atom is -0.206 e. The molecule has 2 aromatic rings. The van der Waals surface area contributed by atoms with Gasteiger partial charge in [-0.3, -0.25) is 0 Å². The van der Waals surface area contributed by atoms with E-state index in [1.165, 1.54) is 0 Å². The van der Waals surface area contributed by atoms with Gasteiger partial charge in [0.2, 0.25) is 5.28 Å². The Bertz CT molecular complexity index is 477. The van der Waals surface area contributed by atoms with Crippen molar-refractivity contribution in [2.24, 2.45) is 0 Å². The highest BCUT2D eigenvalue weighted by atomic mass is 35.5. The van der Waals surface area contributed by atoms with Gasteiger partial charge in [-0.2, -0.15) is 15.1 Å². The second kappa shape index (κ2) is 3.27. The van der Waals surface area contributed by atoms with Gasteiger partial charge in [0.15, 0.2) is 0 Å². The van der Waals surface area contributed by atoms with Gasteiger partial charge >= 0.3 is 0 Å². The summed E-state index contributed by atoms with van der Waals surface area (Å²) < 4.78 is 1.58. The molecular formula is C9H8ClN5. The van der Waals surface area contributed by atoms with E-state index in [0.717, 1.165) is 18.7 Å². The van der Waals surface area contributed by atoms with Gasteiger partial charge in [0.25, 0.3) is 5.95 Å². The third kappa shape index (κ3) is 1.70. The SMILES string of the molecule is Clc1nc(C2CC2)nc(-n2cccn2)n1. The van der Waals surface area contributed by atoms with E-state index in [0.29, 0.717) is 11.9 Å². The molecule has 0 unspecified atom stereocenters. The molecule has 0 spiro atoms. The van der Waals surface area contributed by atoms with Crippen LogP contribution in [0.2, 0.25) is 5.28 Å². The van der Waals surface area contributed by atoms with Crippen LogP contribution in [-0.4, -0.2) is 24.7 Å². The van der Waals surface area contributed by atoms with E-state index < -0.39 is 0 Å². The zero-order chi connectivity index (χ0) is 10.3. The molecule has 1 aliphatic rings. The fraction of sp³-hybridized carbons (Fsp3) is 0.333. The first kappa shape index (κ1) is 8.79. The van der Waals surface area contributed by atoms with Crippen molar-refractivity contribution in [2.45, 2.75) is 18.8 Å². The van der Waals surface area contributed by atoms with Crippen LogP contribution in [0, 0.1) is 0 Å². The summed E-state index contributed by atoms with van der Waals surface area (Å²) in [5, 5.41) is 4.29.